The summed E-state index contributed by atoms with van der Waals surface area (Å²) < 4.78 is 4.68. The zero-order valence-electron chi connectivity index (χ0n) is 8.70. The monoisotopic (exact) mass is 214 g/mol. The fraction of sp³-hybridized carbons (Fsp3) is 0.0833. The van der Waals surface area contributed by atoms with E-state index in [1.165, 1.54) is 7.11 Å². The topological polar surface area (TPSA) is 57.9 Å². The van der Waals surface area contributed by atoms with Crippen molar-refractivity contribution in [3.05, 3.63) is 36.2 Å². The number of aromatic amines is 2. The predicted molar refractivity (Wildman–Crippen MR) is 61.5 cm³/mol. The standard InChI is InChI=1S/C12H10N2O2/c1-16-12(15)9-6-8-3-2-7-4-5-13-10(7)11(8)14-9/h2-6,13-14H,1H3. The van der Waals surface area contributed by atoms with Gasteiger partial charge in [0.2, 0.25) is 0 Å². The van der Waals surface area contributed by atoms with E-state index >= 15 is 0 Å². The first-order chi connectivity index (χ1) is 7.79. The molecule has 3 rings (SSSR count). The zero-order chi connectivity index (χ0) is 11.1. The van der Waals surface area contributed by atoms with Crippen LogP contribution in [0.3, 0.4) is 0 Å². The van der Waals surface area contributed by atoms with Crippen LogP contribution < -0.4 is 0 Å². The van der Waals surface area contributed by atoms with Crippen LogP contribution in [0.5, 0.6) is 0 Å². The molecule has 3 aromatic rings. The van der Waals surface area contributed by atoms with Crippen molar-refractivity contribution in [3.63, 3.8) is 0 Å². The number of esters is 1. The van der Waals surface area contributed by atoms with Crippen molar-refractivity contribution in [2.75, 3.05) is 7.11 Å². The number of rotatable bonds is 1. The minimum atomic E-state index is -0.351. The number of methoxy groups -OCH3 is 1. The van der Waals surface area contributed by atoms with Gasteiger partial charge in [-0.1, -0.05) is 12.1 Å². The molecule has 0 atom stereocenters. The predicted octanol–water partition coefficient (Wildman–Crippen LogP) is 2.44. The zero-order valence-corrected chi connectivity index (χ0v) is 8.70. The molecule has 2 N–H and O–H groups in total. The number of aromatic nitrogens is 2. The summed E-state index contributed by atoms with van der Waals surface area (Å²) in [5, 5.41) is 2.11. The molecule has 0 saturated carbocycles. The van der Waals surface area contributed by atoms with Gasteiger partial charge in [0.1, 0.15) is 5.69 Å². The maximum atomic E-state index is 11.4. The Labute approximate surface area is 91.2 Å². The van der Waals surface area contributed by atoms with Crippen LogP contribution in [0, 0.1) is 0 Å². The molecule has 0 spiro atoms. The molecule has 16 heavy (non-hydrogen) atoms. The number of ether oxygens (including phenoxy) is 1. The first-order valence-corrected chi connectivity index (χ1v) is 4.97. The second-order valence-electron chi connectivity index (χ2n) is 3.65. The average Bonchev–Trinajstić information content (AvgIpc) is 2.92. The average molecular weight is 214 g/mol. The van der Waals surface area contributed by atoms with Gasteiger partial charge in [-0.3, -0.25) is 0 Å². The van der Waals surface area contributed by atoms with Gasteiger partial charge in [-0.05, 0) is 12.1 Å². The first kappa shape index (κ1) is 9.03. The Hall–Kier alpha value is -2.23. The number of carbonyl (C=O) groups is 1. The van der Waals surface area contributed by atoms with Crippen LogP contribution in [-0.2, 0) is 4.74 Å². The van der Waals surface area contributed by atoms with Crippen molar-refractivity contribution in [2.24, 2.45) is 0 Å². The lowest BCUT2D eigenvalue weighted by atomic mass is 10.2. The largest absolute Gasteiger partial charge is 0.464 e. The molecule has 0 aliphatic rings. The molecule has 1 aromatic carbocycles. The summed E-state index contributed by atoms with van der Waals surface area (Å²) in [6, 6.07) is 7.78. The molecule has 2 heterocycles. The molecule has 4 nitrogen and oxygen atoms in total. The van der Waals surface area contributed by atoms with Crippen molar-refractivity contribution < 1.29 is 9.53 Å². The van der Waals surface area contributed by atoms with Gasteiger partial charge >= 0.3 is 5.97 Å². The Morgan fingerprint density at radius 3 is 2.81 bits per heavy atom. The molecule has 0 unspecified atom stereocenters. The van der Waals surface area contributed by atoms with Crippen molar-refractivity contribution in [1.29, 1.82) is 0 Å². The molecule has 0 fully saturated rings. The van der Waals surface area contributed by atoms with Gasteiger partial charge in [-0.2, -0.15) is 0 Å². The van der Waals surface area contributed by atoms with Gasteiger partial charge in [-0.25, -0.2) is 4.79 Å². The van der Waals surface area contributed by atoms with Crippen LogP contribution in [0.15, 0.2) is 30.5 Å². The van der Waals surface area contributed by atoms with E-state index in [0.717, 1.165) is 21.8 Å². The lowest BCUT2D eigenvalue weighted by molar-refractivity contribution is 0.0595. The number of carbonyl (C=O) groups excluding carboxylic acids is 1. The van der Waals surface area contributed by atoms with Crippen molar-refractivity contribution >= 4 is 27.8 Å². The Morgan fingerprint density at radius 1 is 1.19 bits per heavy atom. The SMILES string of the molecule is COC(=O)c1cc2ccc3cc[nH]c3c2[nH]1. The van der Waals surface area contributed by atoms with Crippen molar-refractivity contribution in [2.45, 2.75) is 0 Å². The first-order valence-electron chi connectivity index (χ1n) is 4.97. The van der Waals surface area contributed by atoms with Crippen LogP contribution in [0.2, 0.25) is 0 Å². The van der Waals surface area contributed by atoms with Crippen LogP contribution >= 0.6 is 0 Å². The highest BCUT2D eigenvalue weighted by Crippen LogP contribution is 2.24. The number of benzene rings is 1. The summed E-state index contributed by atoms with van der Waals surface area (Å²) >= 11 is 0. The second kappa shape index (κ2) is 3.13. The molecule has 0 saturated heterocycles. The lowest BCUT2D eigenvalue weighted by Crippen LogP contribution is -2.00. The summed E-state index contributed by atoms with van der Waals surface area (Å²) in [6.07, 6.45) is 1.88. The minimum absolute atomic E-state index is 0.351. The maximum Gasteiger partial charge on any atom is 0.354 e. The highest BCUT2D eigenvalue weighted by molar-refractivity contribution is 6.06. The van der Waals surface area contributed by atoms with Crippen LogP contribution in [0.1, 0.15) is 10.5 Å². The molecule has 0 aliphatic carbocycles. The molecular formula is C12H10N2O2. The number of fused-ring (bicyclic) bond motifs is 3. The number of H-pyrrole nitrogens is 2. The Kier molecular flexibility index (Phi) is 1.77. The van der Waals surface area contributed by atoms with Gasteiger partial charge in [-0.15, -0.1) is 0 Å². The number of hydrogen-bond acceptors (Lipinski definition) is 2. The molecule has 0 aliphatic heterocycles. The normalized spacial score (nSPS) is 11.1. The quantitative estimate of drug-likeness (QED) is 0.611. The maximum absolute atomic E-state index is 11.4. The van der Waals surface area contributed by atoms with Gasteiger partial charge < -0.3 is 14.7 Å². The summed E-state index contributed by atoms with van der Waals surface area (Å²) in [4.78, 5) is 17.6. The van der Waals surface area contributed by atoms with E-state index < -0.39 is 0 Å². The second-order valence-corrected chi connectivity index (χ2v) is 3.65. The molecule has 0 bridgehead atoms. The van der Waals surface area contributed by atoms with E-state index in [4.69, 9.17) is 0 Å². The summed E-state index contributed by atoms with van der Waals surface area (Å²) in [5.41, 5.74) is 2.41. The van der Waals surface area contributed by atoms with Crippen LogP contribution in [-0.4, -0.2) is 23.0 Å². The third-order valence-corrected chi connectivity index (χ3v) is 2.73. The lowest BCUT2D eigenvalue weighted by Gasteiger charge is -1.93. The minimum Gasteiger partial charge on any atom is -0.464 e. The highest BCUT2D eigenvalue weighted by atomic mass is 16.5. The third kappa shape index (κ3) is 1.13. The Morgan fingerprint density at radius 2 is 2.00 bits per heavy atom. The smallest absolute Gasteiger partial charge is 0.354 e. The van der Waals surface area contributed by atoms with E-state index in [0.29, 0.717) is 5.69 Å². The fourth-order valence-corrected chi connectivity index (χ4v) is 1.95. The molecule has 2 aromatic heterocycles. The van der Waals surface area contributed by atoms with Crippen LogP contribution in [0.4, 0.5) is 0 Å². The fourth-order valence-electron chi connectivity index (χ4n) is 1.95. The third-order valence-electron chi connectivity index (χ3n) is 2.73. The summed E-state index contributed by atoms with van der Waals surface area (Å²) in [5.74, 6) is -0.351. The van der Waals surface area contributed by atoms with Crippen molar-refractivity contribution in [3.8, 4) is 0 Å². The summed E-state index contributed by atoms with van der Waals surface area (Å²) in [6.45, 7) is 0. The van der Waals surface area contributed by atoms with E-state index in [1.807, 2.05) is 24.4 Å². The van der Waals surface area contributed by atoms with Gasteiger partial charge in [0.25, 0.3) is 0 Å². The molecular weight excluding hydrogens is 204 g/mol. The Bertz CT molecular complexity index is 679. The number of nitrogens with one attached hydrogen (secondary N) is 2. The van der Waals surface area contributed by atoms with Gasteiger partial charge in [0.05, 0.1) is 18.1 Å². The molecule has 80 valence electrons. The van der Waals surface area contributed by atoms with E-state index in [2.05, 4.69) is 14.7 Å². The van der Waals surface area contributed by atoms with Crippen LogP contribution in [0.25, 0.3) is 21.8 Å². The number of hydrogen-bond donors (Lipinski definition) is 2. The van der Waals surface area contributed by atoms with Crippen molar-refractivity contribution in [1.82, 2.24) is 9.97 Å². The highest BCUT2D eigenvalue weighted by Gasteiger charge is 2.11. The van der Waals surface area contributed by atoms with E-state index in [9.17, 15) is 4.79 Å². The summed E-state index contributed by atoms with van der Waals surface area (Å²) in [7, 11) is 1.37. The molecule has 4 heteroatoms. The Balaban J connectivity index is 2.34. The van der Waals surface area contributed by atoms with E-state index in [-0.39, 0.29) is 5.97 Å². The molecule has 0 amide bonds. The van der Waals surface area contributed by atoms with Gasteiger partial charge in [0.15, 0.2) is 0 Å². The van der Waals surface area contributed by atoms with Gasteiger partial charge in [0, 0.05) is 17.0 Å². The molecule has 0 radical (unpaired) electrons. The van der Waals surface area contributed by atoms with E-state index in [1.54, 1.807) is 6.07 Å².